The maximum Gasteiger partial charge on any atom is 0.221 e. The molecular formula is C19H27ClO. The molecule has 1 fully saturated rings. The Morgan fingerprint density at radius 3 is 2.38 bits per heavy atom. The molecular weight excluding hydrogens is 280 g/mol. The summed E-state index contributed by atoms with van der Waals surface area (Å²) in [7, 11) is 0. The zero-order valence-electron chi connectivity index (χ0n) is 13.1. The zero-order valence-corrected chi connectivity index (χ0v) is 13.9. The standard InChI is InChI=1S/C19H27ClO/c1-2-4-15-7-11-17(12-8-15)18-13-9-16(10-14-18)5-3-6-19(20)21/h9-10,13-15,17H,2-8,11-12H2,1H3. The molecule has 0 spiro atoms. The van der Waals surface area contributed by atoms with Crippen molar-refractivity contribution >= 4 is 16.8 Å². The molecule has 0 unspecified atom stereocenters. The summed E-state index contributed by atoms with van der Waals surface area (Å²) >= 11 is 5.37. The van der Waals surface area contributed by atoms with Crippen LogP contribution in [-0.4, -0.2) is 5.24 Å². The van der Waals surface area contributed by atoms with Crippen molar-refractivity contribution in [2.75, 3.05) is 0 Å². The molecule has 1 nitrogen and oxygen atoms in total. The highest BCUT2D eigenvalue weighted by Crippen LogP contribution is 2.37. The Balaban J connectivity index is 1.81. The molecule has 1 aromatic carbocycles. The summed E-state index contributed by atoms with van der Waals surface area (Å²) in [5.74, 6) is 1.73. The maximum absolute atomic E-state index is 10.7. The highest BCUT2D eigenvalue weighted by Gasteiger charge is 2.21. The highest BCUT2D eigenvalue weighted by atomic mass is 35.5. The van der Waals surface area contributed by atoms with Gasteiger partial charge in [-0.15, -0.1) is 0 Å². The van der Waals surface area contributed by atoms with Gasteiger partial charge in [0.2, 0.25) is 5.24 Å². The summed E-state index contributed by atoms with van der Waals surface area (Å²) < 4.78 is 0. The molecule has 0 N–H and O–H groups in total. The van der Waals surface area contributed by atoms with Crippen LogP contribution in [0.4, 0.5) is 0 Å². The van der Waals surface area contributed by atoms with E-state index in [-0.39, 0.29) is 5.24 Å². The van der Waals surface area contributed by atoms with Gasteiger partial charge in [-0.25, -0.2) is 0 Å². The molecule has 0 amide bonds. The summed E-state index contributed by atoms with van der Waals surface area (Å²) in [6.45, 7) is 2.29. The SMILES string of the molecule is CCCC1CCC(c2ccc(CCCC(=O)Cl)cc2)CC1. The molecule has 2 rings (SSSR count). The van der Waals surface area contributed by atoms with Gasteiger partial charge in [0.25, 0.3) is 0 Å². The van der Waals surface area contributed by atoms with Gasteiger partial charge < -0.3 is 0 Å². The smallest absolute Gasteiger partial charge is 0.221 e. The fourth-order valence-corrected chi connectivity index (χ4v) is 3.71. The van der Waals surface area contributed by atoms with E-state index in [2.05, 4.69) is 31.2 Å². The molecule has 2 heteroatoms. The van der Waals surface area contributed by atoms with Gasteiger partial charge in [-0.1, -0.05) is 44.0 Å². The Hall–Kier alpha value is -0.820. The molecule has 1 aromatic rings. The van der Waals surface area contributed by atoms with Crippen LogP contribution in [-0.2, 0) is 11.2 Å². The first-order chi connectivity index (χ1) is 10.2. The van der Waals surface area contributed by atoms with Gasteiger partial charge in [0.1, 0.15) is 0 Å². The minimum Gasteiger partial charge on any atom is -0.281 e. The van der Waals surface area contributed by atoms with Crippen molar-refractivity contribution < 1.29 is 4.79 Å². The molecule has 0 saturated heterocycles. The summed E-state index contributed by atoms with van der Waals surface area (Å²) in [5, 5.41) is -0.226. The summed E-state index contributed by atoms with van der Waals surface area (Å²) in [5.41, 5.74) is 2.82. The first-order valence-electron chi connectivity index (χ1n) is 8.46. The van der Waals surface area contributed by atoms with Crippen molar-refractivity contribution in [3.63, 3.8) is 0 Å². The van der Waals surface area contributed by atoms with Crippen molar-refractivity contribution in [1.29, 1.82) is 0 Å². The van der Waals surface area contributed by atoms with Crippen LogP contribution in [0, 0.1) is 5.92 Å². The van der Waals surface area contributed by atoms with E-state index in [1.807, 2.05) is 0 Å². The lowest BCUT2D eigenvalue weighted by atomic mass is 9.77. The van der Waals surface area contributed by atoms with Crippen LogP contribution >= 0.6 is 11.6 Å². The van der Waals surface area contributed by atoms with Gasteiger partial charge in [0.15, 0.2) is 0 Å². The van der Waals surface area contributed by atoms with Crippen molar-refractivity contribution in [3.8, 4) is 0 Å². The van der Waals surface area contributed by atoms with Crippen molar-refractivity contribution in [2.24, 2.45) is 5.92 Å². The van der Waals surface area contributed by atoms with E-state index >= 15 is 0 Å². The number of hydrogen-bond acceptors (Lipinski definition) is 1. The van der Waals surface area contributed by atoms with Crippen LogP contribution in [0.25, 0.3) is 0 Å². The van der Waals surface area contributed by atoms with E-state index in [0.29, 0.717) is 6.42 Å². The molecule has 116 valence electrons. The van der Waals surface area contributed by atoms with E-state index in [0.717, 1.165) is 24.7 Å². The lowest BCUT2D eigenvalue weighted by Gasteiger charge is -2.28. The molecule has 0 heterocycles. The van der Waals surface area contributed by atoms with Crippen LogP contribution in [0.3, 0.4) is 0 Å². The number of rotatable bonds is 7. The van der Waals surface area contributed by atoms with Gasteiger partial charge in [-0.05, 0) is 73.1 Å². The fourth-order valence-electron chi connectivity index (χ4n) is 3.58. The fraction of sp³-hybridized carbons (Fsp3) is 0.632. The van der Waals surface area contributed by atoms with Crippen LogP contribution in [0.2, 0.25) is 0 Å². The Morgan fingerprint density at radius 2 is 1.81 bits per heavy atom. The van der Waals surface area contributed by atoms with E-state index in [4.69, 9.17) is 11.6 Å². The third-order valence-electron chi connectivity index (χ3n) is 4.83. The molecule has 0 bridgehead atoms. The van der Waals surface area contributed by atoms with Gasteiger partial charge in [0, 0.05) is 6.42 Å². The second-order valence-corrected chi connectivity index (χ2v) is 6.88. The Morgan fingerprint density at radius 1 is 1.14 bits per heavy atom. The van der Waals surface area contributed by atoms with Crippen molar-refractivity contribution in [3.05, 3.63) is 35.4 Å². The summed E-state index contributed by atoms with van der Waals surface area (Å²) in [6, 6.07) is 9.05. The topological polar surface area (TPSA) is 17.1 Å². The molecule has 1 aliphatic rings. The molecule has 0 aliphatic heterocycles. The predicted octanol–water partition coefficient (Wildman–Crippen LogP) is 5.85. The number of carbonyl (C=O) groups is 1. The van der Waals surface area contributed by atoms with Crippen LogP contribution in [0.5, 0.6) is 0 Å². The average molecular weight is 307 g/mol. The largest absolute Gasteiger partial charge is 0.281 e. The van der Waals surface area contributed by atoms with E-state index in [1.54, 1.807) is 0 Å². The Labute approximate surface area is 134 Å². The maximum atomic E-state index is 10.7. The first-order valence-corrected chi connectivity index (χ1v) is 8.84. The highest BCUT2D eigenvalue weighted by molar-refractivity contribution is 6.63. The van der Waals surface area contributed by atoms with Crippen LogP contribution < -0.4 is 0 Å². The first kappa shape index (κ1) is 16.5. The van der Waals surface area contributed by atoms with Gasteiger partial charge in [0.05, 0.1) is 0 Å². The Bertz CT molecular complexity index is 429. The zero-order chi connectivity index (χ0) is 15.1. The lowest BCUT2D eigenvalue weighted by molar-refractivity contribution is -0.111. The van der Waals surface area contributed by atoms with E-state index in [1.165, 1.54) is 49.7 Å². The molecule has 21 heavy (non-hydrogen) atoms. The molecule has 0 radical (unpaired) electrons. The average Bonchev–Trinajstić information content (AvgIpc) is 2.49. The predicted molar refractivity (Wildman–Crippen MR) is 89.8 cm³/mol. The summed E-state index contributed by atoms with van der Waals surface area (Å²) in [6.07, 6.45) is 10.5. The summed E-state index contributed by atoms with van der Waals surface area (Å²) in [4.78, 5) is 10.7. The van der Waals surface area contributed by atoms with Crippen LogP contribution in [0.1, 0.15) is 75.3 Å². The van der Waals surface area contributed by atoms with Gasteiger partial charge >= 0.3 is 0 Å². The number of halogens is 1. The van der Waals surface area contributed by atoms with Crippen LogP contribution in [0.15, 0.2) is 24.3 Å². The molecule has 0 atom stereocenters. The van der Waals surface area contributed by atoms with Gasteiger partial charge in [-0.2, -0.15) is 0 Å². The minimum atomic E-state index is -0.226. The molecule has 1 aliphatic carbocycles. The second-order valence-electron chi connectivity index (χ2n) is 6.46. The van der Waals surface area contributed by atoms with E-state index < -0.39 is 0 Å². The monoisotopic (exact) mass is 306 g/mol. The van der Waals surface area contributed by atoms with E-state index in [9.17, 15) is 4.79 Å². The minimum absolute atomic E-state index is 0.226. The number of carbonyl (C=O) groups excluding carboxylic acids is 1. The number of hydrogen-bond donors (Lipinski definition) is 0. The van der Waals surface area contributed by atoms with Crippen molar-refractivity contribution in [1.82, 2.24) is 0 Å². The van der Waals surface area contributed by atoms with Gasteiger partial charge in [-0.3, -0.25) is 4.79 Å². The van der Waals surface area contributed by atoms with Crippen molar-refractivity contribution in [2.45, 2.75) is 70.6 Å². The Kier molecular flexibility index (Phi) is 6.76. The lowest BCUT2D eigenvalue weighted by Crippen LogP contribution is -2.13. The number of aryl methyl sites for hydroxylation is 1. The molecule has 1 saturated carbocycles. The quantitative estimate of drug-likeness (QED) is 0.578. The normalized spacial score (nSPS) is 22.2. The third kappa shape index (κ3) is 5.47. The molecule has 0 aromatic heterocycles. The second kappa shape index (κ2) is 8.58. The third-order valence-corrected chi connectivity index (χ3v) is 5.02. The number of benzene rings is 1.